The second-order valence-corrected chi connectivity index (χ2v) is 7.66. The minimum atomic E-state index is -0.948. The summed E-state index contributed by atoms with van der Waals surface area (Å²) in [6, 6.07) is 3.66. The van der Waals surface area contributed by atoms with E-state index in [4.69, 9.17) is 16.3 Å². The molecular weight excluding hydrogens is 330 g/mol. The van der Waals surface area contributed by atoms with Crippen molar-refractivity contribution in [3.63, 3.8) is 0 Å². The van der Waals surface area contributed by atoms with Crippen LogP contribution in [-0.4, -0.2) is 33.5 Å². The van der Waals surface area contributed by atoms with E-state index in [1.165, 1.54) is 0 Å². The summed E-state index contributed by atoms with van der Waals surface area (Å²) in [5.74, 6) is 0.405. The number of alkyl carbamates (subject to hydrolysis) is 1. The third-order valence-electron chi connectivity index (χ3n) is 5.07. The molecule has 2 aliphatic rings. The van der Waals surface area contributed by atoms with Crippen molar-refractivity contribution < 1.29 is 14.6 Å². The van der Waals surface area contributed by atoms with E-state index in [0.29, 0.717) is 17.9 Å². The van der Waals surface area contributed by atoms with E-state index in [2.05, 4.69) is 15.5 Å². The summed E-state index contributed by atoms with van der Waals surface area (Å²) < 4.78 is 5.46. The van der Waals surface area contributed by atoms with E-state index in [9.17, 15) is 9.90 Å². The van der Waals surface area contributed by atoms with Crippen molar-refractivity contribution in [2.24, 2.45) is 11.8 Å². The Morgan fingerprint density at radius 1 is 1.46 bits per heavy atom. The summed E-state index contributed by atoms with van der Waals surface area (Å²) in [6.07, 6.45) is 2.37. The van der Waals surface area contributed by atoms with Gasteiger partial charge in [-0.05, 0) is 44.4 Å². The number of ether oxygens (including phenoxy) is 1. The molecule has 2 unspecified atom stereocenters. The number of hydrogen-bond acceptors (Lipinski definition) is 4. The Morgan fingerprint density at radius 3 is 2.83 bits per heavy atom. The third kappa shape index (κ3) is 2.54. The van der Waals surface area contributed by atoms with Crippen LogP contribution in [0.1, 0.15) is 32.3 Å². The highest BCUT2D eigenvalue weighted by Gasteiger charge is 2.64. The van der Waals surface area contributed by atoms with Gasteiger partial charge in [0.05, 0.1) is 17.3 Å². The van der Waals surface area contributed by atoms with Gasteiger partial charge in [0.25, 0.3) is 0 Å². The van der Waals surface area contributed by atoms with Crippen molar-refractivity contribution in [2.45, 2.75) is 44.4 Å². The van der Waals surface area contributed by atoms with Gasteiger partial charge < -0.3 is 15.2 Å². The van der Waals surface area contributed by atoms with Crippen LogP contribution in [-0.2, 0) is 10.3 Å². The molecule has 24 heavy (non-hydrogen) atoms. The number of halogens is 1. The normalized spacial score (nSPS) is 31.3. The molecule has 2 aliphatic carbocycles. The number of nitrogens with zero attached hydrogens (tertiary/aromatic N) is 1. The largest absolute Gasteiger partial charge is 0.446 e. The first kappa shape index (κ1) is 15.7. The van der Waals surface area contributed by atoms with Gasteiger partial charge in [-0.25, -0.2) is 4.79 Å². The second kappa shape index (κ2) is 5.36. The van der Waals surface area contributed by atoms with Crippen molar-refractivity contribution in [1.82, 2.24) is 15.5 Å². The van der Waals surface area contributed by atoms with Crippen LogP contribution in [0.25, 0.3) is 10.9 Å². The zero-order valence-corrected chi connectivity index (χ0v) is 14.3. The first-order valence-electron chi connectivity index (χ1n) is 8.20. The lowest BCUT2D eigenvalue weighted by Crippen LogP contribution is -2.33. The van der Waals surface area contributed by atoms with Crippen molar-refractivity contribution >= 4 is 28.6 Å². The summed E-state index contributed by atoms with van der Waals surface area (Å²) in [5.41, 5.74) is 0.670. The topological polar surface area (TPSA) is 87.2 Å². The van der Waals surface area contributed by atoms with Gasteiger partial charge in [-0.1, -0.05) is 11.6 Å². The third-order valence-corrected chi connectivity index (χ3v) is 5.29. The Kier molecular flexibility index (Phi) is 3.51. The van der Waals surface area contributed by atoms with E-state index < -0.39 is 5.60 Å². The number of H-pyrrole nitrogens is 1. The van der Waals surface area contributed by atoms with Gasteiger partial charge in [-0.3, -0.25) is 5.10 Å². The van der Waals surface area contributed by atoms with E-state index in [0.717, 1.165) is 16.5 Å². The van der Waals surface area contributed by atoms with Gasteiger partial charge in [0.2, 0.25) is 0 Å². The highest BCUT2D eigenvalue weighted by atomic mass is 35.5. The molecule has 7 heteroatoms. The Hall–Kier alpha value is -1.79. The average molecular weight is 350 g/mol. The SMILES string of the molecule is CC(C)NC(=O)OC1C2CC(O)(c3cc(Cl)cc4[nH]ncc34)CC21. The molecule has 2 fully saturated rings. The monoisotopic (exact) mass is 349 g/mol. The van der Waals surface area contributed by atoms with Crippen molar-refractivity contribution in [2.75, 3.05) is 0 Å². The number of aromatic amines is 1. The molecule has 1 aromatic heterocycles. The first-order chi connectivity index (χ1) is 11.4. The maximum absolute atomic E-state index is 11.7. The molecule has 2 aromatic rings. The Balaban J connectivity index is 1.50. The zero-order chi connectivity index (χ0) is 17.1. The zero-order valence-electron chi connectivity index (χ0n) is 13.5. The van der Waals surface area contributed by atoms with Crippen molar-refractivity contribution in [1.29, 1.82) is 0 Å². The summed E-state index contributed by atoms with van der Waals surface area (Å²) >= 11 is 6.18. The molecule has 1 aromatic carbocycles. The molecule has 6 nitrogen and oxygen atoms in total. The number of aliphatic hydroxyl groups is 1. The van der Waals surface area contributed by atoms with Crippen LogP contribution in [0.4, 0.5) is 4.79 Å². The van der Waals surface area contributed by atoms with Crippen molar-refractivity contribution in [3.8, 4) is 0 Å². The van der Waals surface area contributed by atoms with E-state index >= 15 is 0 Å². The Labute approximate surface area is 144 Å². The van der Waals surface area contributed by atoms with Gasteiger partial charge in [0.1, 0.15) is 6.10 Å². The second-order valence-electron chi connectivity index (χ2n) is 7.22. The number of carbonyl (C=O) groups excluding carboxylic acids is 1. The summed E-state index contributed by atoms with van der Waals surface area (Å²) in [7, 11) is 0. The number of nitrogens with one attached hydrogen (secondary N) is 2. The number of rotatable bonds is 3. The molecule has 0 radical (unpaired) electrons. The van der Waals surface area contributed by atoms with Gasteiger partial charge in [-0.2, -0.15) is 5.10 Å². The van der Waals surface area contributed by atoms with Crippen LogP contribution in [0.3, 0.4) is 0 Å². The van der Waals surface area contributed by atoms with Gasteiger partial charge >= 0.3 is 6.09 Å². The molecule has 2 atom stereocenters. The smallest absolute Gasteiger partial charge is 0.407 e. The number of fused-ring (bicyclic) bond motifs is 2. The number of carbonyl (C=O) groups is 1. The minimum Gasteiger partial charge on any atom is -0.446 e. The molecule has 1 amide bonds. The molecule has 1 heterocycles. The predicted octanol–water partition coefficient (Wildman–Crippen LogP) is 2.95. The number of aromatic nitrogens is 2. The van der Waals surface area contributed by atoms with Crippen LogP contribution in [0.5, 0.6) is 0 Å². The predicted molar refractivity (Wildman–Crippen MR) is 89.8 cm³/mol. The fraction of sp³-hybridized carbons (Fsp3) is 0.529. The molecule has 2 saturated carbocycles. The molecular formula is C17H20ClN3O3. The van der Waals surface area contributed by atoms with E-state index in [1.54, 1.807) is 12.3 Å². The summed E-state index contributed by atoms with van der Waals surface area (Å²) in [4.78, 5) is 11.7. The lowest BCUT2D eigenvalue weighted by molar-refractivity contribution is 0.0136. The molecule has 3 N–H and O–H groups in total. The average Bonchev–Trinajstić information content (AvgIpc) is 2.90. The molecule has 0 spiro atoms. The highest BCUT2D eigenvalue weighted by molar-refractivity contribution is 6.31. The van der Waals surface area contributed by atoms with Crippen LogP contribution < -0.4 is 5.32 Å². The molecule has 128 valence electrons. The maximum Gasteiger partial charge on any atom is 0.407 e. The highest BCUT2D eigenvalue weighted by Crippen LogP contribution is 2.61. The van der Waals surface area contributed by atoms with Gasteiger partial charge in [0.15, 0.2) is 0 Å². The van der Waals surface area contributed by atoms with Gasteiger partial charge in [-0.15, -0.1) is 0 Å². The van der Waals surface area contributed by atoms with Crippen LogP contribution in [0.15, 0.2) is 18.3 Å². The number of benzene rings is 1. The lowest BCUT2D eigenvalue weighted by atomic mass is 9.86. The van der Waals surface area contributed by atoms with E-state index in [1.807, 2.05) is 19.9 Å². The number of hydrogen-bond donors (Lipinski definition) is 3. The van der Waals surface area contributed by atoms with E-state index in [-0.39, 0.29) is 30.1 Å². The Bertz CT molecular complexity index is 791. The summed E-state index contributed by atoms with van der Waals surface area (Å²) in [6.45, 7) is 3.78. The standard InChI is InChI=1S/C17H20ClN3O3/c1-8(2)20-16(22)24-15-10-5-17(23,6-11(10)15)13-3-9(18)4-14-12(13)7-19-21-14/h3-4,7-8,10-11,15,23H,5-6H2,1-2H3,(H,19,21)(H,20,22). The van der Waals surface area contributed by atoms with Crippen molar-refractivity contribution in [3.05, 3.63) is 28.9 Å². The molecule has 0 bridgehead atoms. The fourth-order valence-electron chi connectivity index (χ4n) is 4.00. The van der Waals surface area contributed by atoms with Crippen LogP contribution >= 0.6 is 11.6 Å². The summed E-state index contributed by atoms with van der Waals surface area (Å²) in [5, 5.41) is 22.3. The van der Waals surface area contributed by atoms with Crippen LogP contribution in [0, 0.1) is 11.8 Å². The lowest BCUT2D eigenvalue weighted by Gasteiger charge is -2.27. The minimum absolute atomic E-state index is 0.0499. The van der Waals surface area contributed by atoms with Crippen LogP contribution in [0.2, 0.25) is 5.02 Å². The molecule has 0 aliphatic heterocycles. The Morgan fingerprint density at radius 2 is 2.17 bits per heavy atom. The maximum atomic E-state index is 11.7. The fourth-order valence-corrected chi connectivity index (χ4v) is 4.22. The van der Waals surface area contributed by atoms with Gasteiger partial charge in [0, 0.05) is 28.3 Å². The molecule has 0 saturated heterocycles. The quantitative estimate of drug-likeness (QED) is 0.795. The molecule has 4 rings (SSSR count). The number of amides is 1. The first-order valence-corrected chi connectivity index (χ1v) is 8.58.